The van der Waals surface area contributed by atoms with Gasteiger partial charge >= 0.3 is 0 Å². The maximum atomic E-state index is 3.61. The molecule has 0 aliphatic carbocycles. The van der Waals surface area contributed by atoms with Crippen LogP contribution in [0.4, 0.5) is 0 Å². The second kappa shape index (κ2) is 4.58. The van der Waals surface area contributed by atoms with Crippen LogP contribution < -0.4 is 5.32 Å². The first-order valence-corrected chi connectivity index (χ1v) is 6.51. The molecule has 16 heavy (non-hydrogen) atoms. The molecule has 0 aromatic heterocycles. The third-order valence-electron chi connectivity index (χ3n) is 4.10. The minimum absolute atomic E-state index is 0.216. The van der Waals surface area contributed by atoms with E-state index in [4.69, 9.17) is 0 Å². The van der Waals surface area contributed by atoms with Crippen molar-refractivity contribution < 1.29 is 0 Å². The van der Waals surface area contributed by atoms with Crippen LogP contribution >= 0.6 is 0 Å². The average molecular weight is 217 g/mol. The number of rotatable bonds is 3. The van der Waals surface area contributed by atoms with Crippen LogP contribution in [-0.2, 0) is 5.54 Å². The van der Waals surface area contributed by atoms with Crippen LogP contribution in [0, 0.1) is 0 Å². The Bertz CT molecular complexity index is 333. The van der Waals surface area contributed by atoms with E-state index in [1.165, 1.54) is 30.4 Å². The molecule has 0 bridgehead atoms. The highest BCUT2D eigenvalue weighted by atomic mass is 15.0. The molecule has 1 saturated heterocycles. The molecule has 88 valence electrons. The molecule has 0 radical (unpaired) electrons. The summed E-state index contributed by atoms with van der Waals surface area (Å²) in [5.74, 6) is 0.679. The molecule has 2 rings (SSSR count). The van der Waals surface area contributed by atoms with Crippen molar-refractivity contribution in [3.8, 4) is 0 Å². The summed E-state index contributed by atoms with van der Waals surface area (Å²) in [6.45, 7) is 8.02. The lowest BCUT2D eigenvalue weighted by Crippen LogP contribution is -2.32. The third kappa shape index (κ3) is 2.15. The predicted octanol–water partition coefficient (Wildman–Crippen LogP) is 3.80. The van der Waals surface area contributed by atoms with E-state index in [2.05, 4.69) is 50.4 Å². The summed E-state index contributed by atoms with van der Waals surface area (Å²) in [5.41, 5.74) is 3.12. The molecule has 1 nitrogen and oxygen atoms in total. The first-order chi connectivity index (χ1) is 7.65. The molecule has 1 fully saturated rings. The SMILES string of the molecule is CCC(C)c1ccc(C2(C)CCCN2)cc1. The van der Waals surface area contributed by atoms with Crippen LogP contribution in [-0.4, -0.2) is 6.54 Å². The molecule has 1 aromatic carbocycles. The lowest BCUT2D eigenvalue weighted by molar-refractivity contribution is 0.434. The molecule has 1 aromatic rings. The van der Waals surface area contributed by atoms with E-state index in [9.17, 15) is 0 Å². The van der Waals surface area contributed by atoms with Gasteiger partial charge in [-0.25, -0.2) is 0 Å². The smallest absolute Gasteiger partial charge is 0.0406 e. The molecule has 2 unspecified atom stereocenters. The van der Waals surface area contributed by atoms with Gasteiger partial charge in [-0.1, -0.05) is 38.1 Å². The van der Waals surface area contributed by atoms with Gasteiger partial charge in [0.15, 0.2) is 0 Å². The fourth-order valence-electron chi connectivity index (χ4n) is 2.56. The van der Waals surface area contributed by atoms with Crippen molar-refractivity contribution in [2.45, 2.75) is 51.5 Å². The van der Waals surface area contributed by atoms with Crippen molar-refractivity contribution in [2.24, 2.45) is 0 Å². The summed E-state index contributed by atoms with van der Waals surface area (Å²) in [5, 5.41) is 3.61. The van der Waals surface area contributed by atoms with E-state index >= 15 is 0 Å². The zero-order chi connectivity index (χ0) is 11.6. The van der Waals surface area contributed by atoms with Crippen molar-refractivity contribution in [2.75, 3.05) is 6.54 Å². The first-order valence-electron chi connectivity index (χ1n) is 6.51. The molecule has 1 heterocycles. The van der Waals surface area contributed by atoms with Gasteiger partial charge in [-0.3, -0.25) is 0 Å². The van der Waals surface area contributed by atoms with Gasteiger partial charge < -0.3 is 5.32 Å². The van der Waals surface area contributed by atoms with Crippen molar-refractivity contribution in [3.05, 3.63) is 35.4 Å². The Balaban J connectivity index is 2.18. The zero-order valence-electron chi connectivity index (χ0n) is 10.7. The summed E-state index contributed by atoms with van der Waals surface area (Å²) in [6.07, 6.45) is 3.77. The summed E-state index contributed by atoms with van der Waals surface area (Å²) in [4.78, 5) is 0. The van der Waals surface area contributed by atoms with E-state index < -0.39 is 0 Å². The summed E-state index contributed by atoms with van der Waals surface area (Å²) < 4.78 is 0. The second-order valence-electron chi connectivity index (χ2n) is 5.29. The van der Waals surface area contributed by atoms with Gasteiger partial charge in [0.2, 0.25) is 0 Å². The Morgan fingerprint density at radius 2 is 2.00 bits per heavy atom. The van der Waals surface area contributed by atoms with Gasteiger partial charge in [0, 0.05) is 5.54 Å². The maximum absolute atomic E-state index is 3.61. The van der Waals surface area contributed by atoms with Crippen molar-refractivity contribution >= 4 is 0 Å². The van der Waals surface area contributed by atoms with Crippen LogP contribution in [0.15, 0.2) is 24.3 Å². The normalized spacial score (nSPS) is 26.9. The summed E-state index contributed by atoms with van der Waals surface area (Å²) in [6, 6.07) is 9.21. The topological polar surface area (TPSA) is 12.0 Å². The zero-order valence-corrected chi connectivity index (χ0v) is 10.7. The van der Waals surface area contributed by atoms with E-state index in [1.54, 1.807) is 0 Å². The van der Waals surface area contributed by atoms with Crippen LogP contribution in [0.2, 0.25) is 0 Å². The fraction of sp³-hybridized carbons (Fsp3) is 0.600. The molecule has 0 saturated carbocycles. The highest BCUT2D eigenvalue weighted by molar-refractivity contribution is 5.30. The van der Waals surface area contributed by atoms with Crippen LogP contribution in [0.3, 0.4) is 0 Å². The highest BCUT2D eigenvalue weighted by Crippen LogP contribution is 2.31. The Kier molecular flexibility index (Phi) is 3.34. The van der Waals surface area contributed by atoms with E-state index in [0.29, 0.717) is 5.92 Å². The Labute approximate surface area is 99.3 Å². The largest absolute Gasteiger partial charge is 0.308 e. The van der Waals surface area contributed by atoms with Crippen molar-refractivity contribution in [1.29, 1.82) is 0 Å². The lowest BCUT2D eigenvalue weighted by Gasteiger charge is -2.25. The van der Waals surface area contributed by atoms with Crippen molar-refractivity contribution in [3.63, 3.8) is 0 Å². The summed E-state index contributed by atoms with van der Waals surface area (Å²) >= 11 is 0. The average Bonchev–Trinajstić information content (AvgIpc) is 2.77. The Hall–Kier alpha value is -0.820. The quantitative estimate of drug-likeness (QED) is 0.812. The maximum Gasteiger partial charge on any atom is 0.0406 e. The highest BCUT2D eigenvalue weighted by Gasteiger charge is 2.29. The number of benzene rings is 1. The molecular formula is C15H23N. The third-order valence-corrected chi connectivity index (χ3v) is 4.10. The fourth-order valence-corrected chi connectivity index (χ4v) is 2.56. The monoisotopic (exact) mass is 217 g/mol. The lowest BCUT2D eigenvalue weighted by atomic mass is 9.88. The van der Waals surface area contributed by atoms with Crippen molar-refractivity contribution in [1.82, 2.24) is 5.32 Å². The minimum Gasteiger partial charge on any atom is -0.308 e. The van der Waals surface area contributed by atoms with Crippen LogP contribution in [0.25, 0.3) is 0 Å². The van der Waals surface area contributed by atoms with Gasteiger partial charge in [0.1, 0.15) is 0 Å². The van der Waals surface area contributed by atoms with Gasteiger partial charge in [0.05, 0.1) is 0 Å². The van der Waals surface area contributed by atoms with Gasteiger partial charge in [-0.15, -0.1) is 0 Å². The van der Waals surface area contributed by atoms with Gasteiger partial charge in [0.25, 0.3) is 0 Å². The molecule has 1 aliphatic rings. The minimum atomic E-state index is 0.216. The van der Waals surface area contributed by atoms with Crippen LogP contribution in [0.1, 0.15) is 57.1 Å². The molecule has 1 aliphatic heterocycles. The van der Waals surface area contributed by atoms with Crippen LogP contribution in [0.5, 0.6) is 0 Å². The summed E-state index contributed by atoms with van der Waals surface area (Å²) in [7, 11) is 0. The number of hydrogen-bond donors (Lipinski definition) is 1. The van der Waals surface area contributed by atoms with E-state index in [-0.39, 0.29) is 5.54 Å². The molecular weight excluding hydrogens is 194 g/mol. The van der Waals surface area contributed by atoms with E-state index in [1.807, 2.05) is 0 Å². The standard InChI is InChI=1S/C15H23N/c1-4-12(2)13-6-8-14(9-7-13)15(3)10-5-11-16-15/h6-9,12,16H,4-5,10-11H2,1-3H3. The Morgan fingerprint density at radius 1 is 1.31 bits per heavy atom. The molecule has 0 amide bonds. The molecule has 1 N–H and O–H groups in total. The Morgan fingerprint density at radius 3 is 2.50 bits per heavy atom. The van der Waals surface area contributed by atoms with Gasteiger partial charge in [-0.05, 0) is 49.8 Å². The number of nitrogens with one attached hydrogen (secondary N) is 1. The second-order valence-corrected chi connectivity index (χ2v) is 5.29. The predicted molar refractivity (Wildman–Crippen MR) is 69.7 cm³/mol. The molecule has 0 spiro atoms. The van der Waals surface area contributed by atoms with Gasteiger partial charge in [-0.2, -0.15) is 0 Å². The number of hydrogen-bond acceptors (Lipinski definition) is 1. The first kappa shape index (κ1) is 11.7. The van der Waals surface area contributed by atoms with E-state index in [0.717, 1.165) is 6.54 Å². The molecule has 1 heteroatoms. The molecule has 2 atom stereocenters.